The molecule has 74 valence electrons. The Morgan fingerprint density at radius 2 is 1.75 bits per heavy atom. The van der Waals surface area contributed by atoms with Gasteiger partial charge in [0.05, 0.1) is 6.10 Å². The molecule has 0 aromatic rings. The molecule has 0 aromatic carbocycles. The van der Waals surface area contributed by atoms with E-state index in [0.29, 0.717) is 5.92 Å². The van der Waals surface area contributed by atoms with Crippen molar-refractivity contribution in [2.45, 2.75) is 46.1 Å². The Hall–Kier alpha value is -0.0800. The number of aliphatic hydroxyl groups is 2. The fraction of sp³-hybridized carbons (Fsp3) is 1.00. The lowest BCUT2D eigenvalue weighted by Gasteiger charge is -2.22. The zero-order valence-electron chi connectivity index (χ0n) is 8.45. The van der Waals surface area contributed by atoms with Crippen molar-refractivity contribution in [1.82, 2.24) is 0 Å². The first kappa shape index (κ1) is 11.9. The highest BCUT2D eigenvalue weighted by Gasteiger charge is 2.18. The summed E-state index contributed by atoms with van der Waals surface area (Å²) >= 11 is 0. The van der Waals surface area contributed by atoms with Crippen LogP contribution in [0.25, 0.3) is 0 Å². The lowest BCUT2D eigenvalue weighted by Crippen LogP contribution is -2.24. The first-order valence-electron chi connectivity index (χ1n) is 4.94. The van der Waals surface area contributed by atoms with E-state index in [1.165, 1.54) is 0 Å². The SMILES string of the molecule is CC[C@H](C)C[C@@H](CO)[C@H](O)CC. The summed E-state index contributed by atoms with van der Waals surface area (Å²) in [5, 5.41) is 18.5. The first-order chi connectivity index (χ1) is 5.65. The predicted molar refractivity (Wildman–Crippen MR) is 50.9 cm³/mol. The van der Waals surface area contributed by atoms with Crippen LogP contribution < -0.4 is 0 Å². The smallest absolute Gasteiger partial charge is 0.0587 e. The van der Waals surface area contributed by atoms with Gasteiger partial charge < -0.3 is 10.2 Å². The Morgan fingerprint density at radius 1 is 1.17 bits per heavy atom. The maximum Gasteiger partial charge on any atom is 0.0587 e. The minimum atomic E-state index is -0.330. The molecule has 0 heterocycles. The van der Waals surface area contributed by atoms with Crippen molar-refractivity contribution < 1.29 is 10.2 Å². The molecule has 0 aliphatic heterocycles. The van der Waals surface area contributed by atoms with Gasteiger partial charge in [0.1, 0.15) is 0 Å². The monoisotopic (exact) mass is 174 g/mol. The summed E-state index contributed by atoms with van der Waals surface area (Å²) in [7, 11) is 0. The van der Waals surface area contributed by atoms with Crippen molar-refractivity contribution in [1.29, 1.82) is 0 Å². The van der Waals surface area contributed by atoms with Gasteiger partial charge in [-0.2, -0.15) is 0 Å². The highest BCUT2D eigenvalue weighted by Crippen LogP contribution is 2.19. The lowest BCUT2D eigenvalue weighted by molar-refractivity contribution is 0.0512. The molecule has 0 aromatic heterocycles. The van der Waals surface area contributed by atoms with E-state index >= 15 is 0 Å². The van der Waals surface area contributed by atoms with Gasteiger partial charge in [-0.1, -0.05) is 27.2 Å². The van der Waals surface area contributed by atoms with Gasteiger partial charge in [-0.25, -0.2) is 0 Å². The van der Waals surface area contributed by atoms with E-state index in [0.717, 1.165) is 19.3 Å². The molecule has 0 unspecified atom stereocenters. The molecule has 2 N–H and O–H groups in total. The summed E-state index contributed by atoms with van der Waals surface area (Å²) in [5.74, 6) is 0.674. The van der Waals surface area contributed by atoms with E-state index in [1.807, 2.05) is 6.92 Å². The molecule has 0 spiro atoms. The molecule has 12 heavy (non-hydrogen) atoms. The molecule has 0 radical (unpaired) electrons. The van der Waals surface area contributed by atoms with Crippen LogP contribution in [-0.2, 0) is 0 Å². The summed E-state index contributed by atoms with van der Waals surface area (Å²) in [4.78, 5) is 0. The standard InChI is InChI=1S/C10H22O2/c1-4-8(3)6-9(7-11)10(12)5-2/h8-12H,4-7H2,1-3H3/t8-,9-,10+/m0/s1. The van der Waals surface area contributed by atoms with Gasteiger partial charge in [-0.15, -0.1) is 0 Å². The maximum atomic E-state index is 9.50. The van der Waals surface area contributed by atoms with Crippen LogP contribution in [0.1, 0.15) is 40.0 Å². The quantitative estimate of drug-likeness (QED) is 0.644. The van der Waals surface area contributed by atoms with Crippen molar-refractivity contribution in [3.8, 4) is 0 Å². The largest absolute Gasteiger partial charge is 0.396 e. The van der Waals surface area contributed by atoms with E-state index in [1.54, 1.807) is 0 Å². The van der Waals surface area contributed by atoms with Gasteiger partial charge in [0.2, 0.25) is 0 Å². The highest BCUT2D eigenvalue weighted by molar-refractivity contribution is 4.69. The number of rotatable bonds is 6. The van der Waals surface area contributed by atoms with Crippen LogP contribution in [0.3, 0.4) is 0 Å². The third-order valence-corrected chi connectivity index (χ3v) is 2.60. The van der Waals surface area contributed by atoms with Gasteiger partial charge in [-0.05, 0) is 18.8 Å². The van der Waals surface area contributed by atoms with E-state index < -0.39 is 0 Å². The van der Waals surface area contributed by atoms with Gasteiger partial charge in [0, 0.05) is 12.5 Å². The zero-order chi connectivity index (χ0) is 9.56. The molecule has 0 aliphatic rings. The molecular weight excluding hydrogens is 152 g/mol. The van der Waals surface area contributed by atoms with Crippen LogP contribution in [0.15, 0.2) is 0 Å². The van der Waals surface area contributed by atoms with E-state index in [-0.39, 0.29) is 18.6 Å². The molecule has 0 amide bonds. The molecule has 0 fully saturated rings. The first-order valence-corrected chi connectivity index (χ1v) is 4.94. The van der Waals surface area contributed by atoms with Crippen LogP contribution in [0.4, 0.5) is 0 Å². The normalized spacial score (nSPS) is 18.8. The average molecular weight is 174 g/mol. The molecule has 0 aliphatic carbocycles. The van der Waals surface area contributed by atoms with Crippen molar-refractivity contribution in [3.05, 3.63) is 0 Å². The number of aliphatic hydroxyl groups excluding tert-OH is 2. The number of hydrogen-bond donors (Lipinski definition) is 2. The lowest BCUT2D eigenvalue weighted by atomic mass is 9.89. The van der Waals surface area contributed by atoms with Gasteiger partial charge in [0.15, 0.2) is 0 Å². The predicted octanol–water partition coefficient (Wildman–Crippen LogP) is 1.80. The molecule has 0 saturated heterocycles. The second kappa shape index (κ2) is 6.44. The molecule has 2 heteroatoms. The Bertz CT molecular complexity index is 104. The van der Waals surface area contributed by atoms with Crippen molar-refractivity contribution in [2.75, 3.05) is 6.61 Å². The average Bonchev–Trinajstić information content (AvgIpc) is 2.12. The third kappa shape index (κ3) is 4.07. The van der Waals surface area contributed by atoms with Crippen molar-refractivity contribution in [3.63, 3.8) is 0 Å². The van der Waals surface area contributed by atoms with Crippen molar-refractivity contribution >= 4 is 0 Å². The van der Waals surface area contributed by atoms with E-state index in [2.05, 4.69) is 13.8 Å². The molecule has 3 atom stereocenters. The Kier molecular flexibility index (Phi) is 6.39. The summed E-state index contributed by atoms with van der Waals surface area (Å²) in [5.41, 5.74) is 0. The summed E-state index contributed by atoms with van der Waals surface area (Å²) < 4.78 is 0. The minimum absolute atomic E-state index is 0.0740. The second-order valence-electron chi connectivity index (χ2n) is 3.67. The number of hydrogen-bond acceptors (Lipinski definition) is 2. The van der Waals surface area contributed by atoms with E-state index in [9.17, 15) is 5.11 Å². The Morgan fingerprint density at radius 3 is 2.08 bits per heavy atom. The molecule has 0 saturated carbocycles. The van der Waals surface area contributed by atoms with Gasteiger partial charge in [-0.3, -0.25) is 0 Å². The van der Waals surface area contributed by atoms with Crippen LogP contribution in [0.2, 0.25) is 0 Å². The third-order valence-electron chi connectivity index (χ3n) is 2.60. The minimum Gasteiger partial charge on any atom is -0.396 e. The van der Waals surface area contributed by atoms with Crippen LogP contribution in [0, 0.1) is 11.8 Å². The second-order valence-corrected chi connectivity index (χ2v) is 3.67. The highest BCUT2D eigenvalue weighted by atomic mass is 16.3. The molecule has 2 nitrogen and oxygen atoms in total. The molecule has 0 rings (SSSR count). The summed E-state index contributed by atoms with van der Waals surface area (Å²) in [6, 6.07) is 0. The molecular formula is C10H22O2. The Balaban J connectivity index is 3.81. The van der Waals surface area contributed by atoms with Gasteiger partial charge in [0.25, 0.3) is 0 Å². The molecule has 0 bridgehead atoms. The van der Waals surface area contributed by atoms with Crippen LogP contribution in [-0.4, -0.2) is 22.9 Å². The summed E-state index contributed by atoms with van der Waals surface area (Å²) in [6.07, 6.45) is 2.46. The van der Waals surface area contributed by atoms with Gasteiger partial charge >= 0.3 is 0 Å². The zero-order valence-corrected chi connectivity index (χ0v) is 8.45. The fourth-order valence-corrected chi connectivity index (χ4v) is 1.37. The fourth-order valence-electron chi connectivity index (χ4n) is 1.37. The topological polar surface area (TPSA) is 40.5 Å². The van der Waals surface area contributed by atoms with E-state index in [4.69, 9.17) is 5.11 Å². The van der Waals surface area contributed by atoms with Crippen molar-refractivity contribution in [2.24, 2.45) is 11.8 Å². The maximum absolute atomic E-state index is 9.50. The summed E-state index contributed by atoms with van der Waals surface area (Å²) in [6.45, 7) is 6.35. The van der Waals surface area contributed by atoms with Crippen LogP contribution in [0.5, 0.6) is 0 Å². The Labute approximate surface area is 75.6 Å². The van der Waals surface area contributed by atoms with Crippen LogP contribution >= 0.6 is 0 Å².